The van der Waals surface area contributed by atoms with Crippen molar-refractivity contribution in [3.8, 4) is 5.75 Å². The number of ether oxygens (including phenoxy) is 1. The average Bonchev–Trinajstić information content (AvgIpc) is 2.55. The van der Waals surface area contributed by atoms with Crippen LogP contribution in [0.3, 0.4) is 0 Å². The van der Waals surface area contributed by atoms with Gasteiger partial charge >= 0.3 is 0 Å². The SMILES string of the molecule is COc1ccc(Cl)cc1CN(C)C(=O)CN(C)Cc1ccccc1. The van der Waals surface area contributed by atoms with E-state index in [0.717, 1.165) is 17.9 Å². The number of carbonyl (C=O) groups is 1. The Kier molecular flexibility index (Phi) is 6.64. The molecule has 0 aliphatic carbocycles. The summed E-state index contributed by atoms with van der Waals surface area (Å²) in [6.45, 7) is 1.55. The highest BCUT2D eigenvalue weighted by atomic mass is 35.5. The maximum absolute atomic E-state index is 12.4. The summed E-state index contributed by atoms with van der Waals surface area (Å²) in [5.74, 6) is 0.784. The molecule has 0 aliphatic rings. The Hall–Kier alpha value is -2.04. The Balaban J connectivity index is 1.93. The van der Waals surface area contributed by atoms with Crippen LogP contribution in [0.4, 0.5) is 0 Å². The van der Waals surface area contributed by atoms with E-state index in [1.807, 2.05) is 42.3 Å². The summed E-state index contributed by atoms with van der Waals surface area (Å²) in [5.41, 5.74) is 2.08. The number of rotatable bonds is 7. The molecule has 0 N–H and O–H groups in total. The molecule has 5 heteroatoms. The van der Waals surface area contributed by atoms with E-state index in [2.05, 4.69) is 12.1 Å². The van der Waals surface area contributed by atoms with Crippen molar-refractivity contribution < 1.29 is 9.53 Å². The van der Waals surface area contributed by atoms with E-state index in [-0.39, 0.29) is 5.91 Å². The van der Waals surface area contributed by atoms with Gasteiger partial charge in [0.05, 0.1) is 13.7 Å². The molecule has 0 radical (unpaired) electrons. The van der Waals surface area contributed by atoms with Crippen LogP contribution in [0.25, 0.3) is 0 Å². The average molecular weight is 347 g/mol. The lowest BCUT2D eigenvalue weighted by Crippen LogP contribution is -2.36. The summed E-state index contributed by atoms with van der Waals surface area (Å²) >= 11 is 6.04. The second-order valence-corrected chi connectivity index (χ2v) is 6.30. The van der Waals surface area contributed by atoms with E-state index in [9.17, 15) is 4.79 Å². The largest absolute Gasteiger partial charge is 0.496 e. The van der Waals surface area contributed by atoms with E-state index in [1.165, 1.54) is 5.56 Å². The van der Waals surface area contributed by atoms with Crippen LogP contribution in [0.1, 0.15) is 11.1 Å². The lowest BCUT2D eigenvalue weighted by Gasteiger charge is -2.23. The van der Waals surface area contributed by atoms with Gasteiger partial charge in [-0.1, -0.05) is 41.9 Å². The lowest BCUT2D eigenvalue weighted by atomic mass is 10.2. The molecule has 0 saturated heterocycles. The van der Waals surface area contributed by atoms with E-state index in [0.29, 0.717) is 18.1 Å². The highest BCUT2D eigenvalue weighted by Gasteiger charge is 2.14. The van der Waals surface area contributed by atoms with Crippen molar-refractivity contribution in [3.05, 3.63) is 64.7 Å². The van der Waals surface area contributed by atoms with Gasteiger partial charge in [0.15, 0.2) is 0 Å². The number of nitrogens with zero attached hydrogens (tertiary/aromatic N) is 2. The Morgan fingerprint density at radius 3 is 2.46 bits per heavy atom. The van der Waals surface area contributed by atoms with Crippen LogP contribution < -0.4 is 4.74 Å². The Labute approximate surface area is 148 Å². The first-order chi connectivity index (χ1) is 11.5. The molecule has 0 spiro atoms. The summed E-state index contributed by atoms with van der Waals surface area (Å²) in [7, 11) is 5.35. The molecule has 0 saturated carbocycles. The number of likely N-dealkylation sites (N-methyl/N-ethyl adjacent to an activating group) is 2. The number of methoxy groups -OCH3 is 1. The first-order valence-corrected chi connectivity index (χ1v) is 8.16. The van der Waals surface area contributed by atoms with E-state index in [1.54, 1.807) is 25.1 Å². The van der Waals surface area contributed by atoms with Crippen LogP contribution in [-0.2, 0) is 17.9 Å². The molecule has 2 aromatic rings. The Morgan fingerprint density at radius 1 is 1.08 bits per heavy atom. The van der Waals surface area contributed by atoms with Gasteiger partial charge in [0.2, 0.25) is 5.91 Å². The topological polar surface area (TPSA) is 32.8 Å². The summed E-state index contributed by atoms with van der Waals surface area (Å²) in [6.07, 6.45) is 0. The van der Waals surface area contributed by atoms with Crippen LogP contribution in [0, 0.1) is 0 Å². The lowest BCUT2D eigenvalue weighted by molar-refractivity contribution is -0.131. The first kappa shape index (κ1) is 18.3. The maximum atomic E-state index is 12.4. The van der Waals surface area contributed by atoms with Crippen LogP contribution in [0.5, 0.6) is 5.75 Å². The van der Waals surface area contributed by atoms with Crippen LogP contribution in [-0.4, -0.2) is 43.5 Å². The number of hydrogen-bond donors (Lipinski definition) is 0. The summed E-state index contributed by atoms with van der Waals surface area (Å²) < 4.78 is 5.33. The number of halogens is 1. The van der Waals surface area contributed by atoms with E-state index >= 15 is 0 Å². The molecule has 0 bridgehead atoms. The first-order valence-electron chi connectivity index (χ1n) is 7.78. The van der Waals surface area contributed by atoms with Crippen molar-refractivity contribution in [2.75, 3.05) is 27.7 Å². The highest BCUT2D eigenvalue weighted by molar-refractivity contribution is 6.30. The predicted molar refractivity (Wildman–Crippen MR) is 97.3 cm³/mol. The van der Waals surface area contributed by atoms with Gasteiger partial charge in [-0.15, -0.1) is 0 Å². The molecule has 128 valence electrons. The van der Waals surface area contributed by atoms with Gasteiger partial charge in [-0.25, -0.2) is 0 Å². The quantitative estimate of drug-likeness (QED) is 0.770. The fraction of sp³-hybridized carbons (Fsp3) is 0.316. The van der Waals surface area contributed by atoms with Gasteiger partial charge in [-0.3, -0.25) is 9.69 Å². The van der Waals surface area contributed by atoms with Gasteiger partial charge in [0, 0.05) is 30.7 Å². The molecular weight excluding hydrogens is 324 g/mol. The monoisotopic (exact) mass is 346 g/mol. The second-order valence-electron chi connectivity index (χ2n) is 5.86. The van der Waals surface area contributed by atoms with Gasteiger partial charge < -0.3 is 9.64 Å². The number of hydrogen-bond acceptors (Lipinski definition) is 3. The van der Waals surface area contributed by atoms with Gasteiger partial charge in [-0.05, 0) is 30.8 Å². The van der Waals surface area contributed by atoms with Gasteiger partial charge in [-0.2, -0.15) is 0 Å². The van der Waals surface area contributed by atoms with Crippen molar-refractivity contribution in [1.29, 1.82) is 0 Å². The number of amides is 1. The molecule has 0 atom stereocenters. The van der Waals surface area contributed by atoms with Crippen molar-refractivity contribution in [2.45, 2.75) is 13.1 Å². The van der Waals surface area contributed by atoms with Crippen molar-refractivity contribution in [2.24, 2.45) is 0 Å². The molecule has 2 rings (SSSR count). The zero-order valence-corrected chi connectivity index (χ0v) is 15.1. The van der Waals surface area contributed by atoms with E-state index in [4.69, 9.17) is 16.3 Å². The molecule has 0 unspecified atom stereocenters. The maximum Gasteiger partial charge on any atom is 0.236 e. The standard InChI is InChI=1S/C19H23ClN2O2/c1-21(12-15-7-5-4-6-8-15)14-19(23)22(2)13-16-11-17(20)9-10-18(16)24-3/h4-11H,12-14H2,1-3H3. The summed E-state index contributed by atoms with van der Waals surface area (Å²) in [6, 6.07) is 15.5. The summed E-state index contributed by atoms with van der Waals surface area (Å²) in [5, 5.41) is 0.632. The normalized spacial score (nSPS) is 10.7. The minimum Gasteiger partial charge on any atom is -0.496 e. The third-order valence-corrected chi connectivity index (χ3v) is 4.01. The second kappa shape index (κ2) is 8.71. The molecule has 2 aromatic carbocycles. The summed E-state index contributed by atoms with van der Waals surface area (Å²) in [4.78, 5) is 16.1. The van der Waals surface area contributed by atoms with Crippen molar-refractivity contribution in [3.63, 3.8) is 0 Å². The van der Waals surface area contributed by atoms with Crippen LogP contribution in [0.15, 0.2) is 48.5 Å². The predicted octanol–water partition coefficient (Wildman–Crippen LogP) is 3.44. The minimum absolute atomic E-state index is 0.0514. The van der Waals surface area contributed by atoms with Crippen LogP contribution >= 0.6 is 11.6 Å². The molecule has 0 aliphatic heterocycles. The Bertz CT molecular complexity index is 676. The zero-order chi connectivity index (χ0) is 17.5. The molecule has 0 heterocycles. The molecule has 24 heavy (non-hydrogen) atoms. The highest BCUT2D eigenvalue weighted by Crippen LogP contribution is 2.23. The number of benzene rings is 2. The molecular formula is C19H23ClN2O2. The molecule has 1 amide bonds. The zero-order valence-electron chi connectivity index (χ0n) is 14.3. The van der Waals surface area contributed by atoms with Gasteiger partial charge in [0.25, 0.3) is 0 Å². The molecule has 0 fully saturated rings. The third kappa shape index (κ3) is 5.25. The van der Waals surface area contributed by atoms with Crippen molar-refractivity contribution >= 4 is 17.5 Å². The molecule has 4 nitrogen and oxygen atoms in total. The van der Waals surface area contributed by atoms with E-state index < -0.39 is 0 Å². The fourth-order valence-electron chi connectivity index (χ4n) is 2.52. The third-order valence-electron chi connectivity index (χ3n) is 3.78. The Morgan fingerprint density at radius 2 is 1.79 bits per heavy atom. The fourth-order valence-corrected chi connectivity index (χ4v) is 2.71. The van der Waals surface area contributed by atoms with Crippen molar-refractivity contribution in [1.82, 2.24) is 9.80 Å². The smallest absolute Gasteiger partial charge is 0.236 e. The minimum atomic E-state index is 0.0514. The number of carbonyl (C=O) groups excluding carboxylic acids is 1. The van der Waals surface area contributed by atoms with Gasteiger partial charge in [0.1, 0.15) is 5.75 Å². The van der Waals surface area contributed by atoms with Crippen LogP contribution in [0.2, 0.25) is 5.02 Å². The molecule has 0 aromatic heterocycles.